The van der Waals surface area contributed by atoms with Gasteiger partial charge in [0.05, 0.1) is 0 Å². The lowest BCUT2D eigenvalue weighted by atomic mass is 10.0. The molecule has 6 heteroatoms. The molecule has 2 unspecified atom stereocenters. The number of rotatable bonds is 9. The van der Waals surface area contributed by atoms with E-state index in [0.717, 1.165) is 43.1 Å². The normalized spacial score (nSPS) is 18.1. The Bertz CT molecular complexity index is 466. The van der Waals surface area contributed by atoms with Crippen LogP contribution in [0.4, 0.5) is 0 Å². The smallest absolute Gasteiger partial charge is 0.313 e. The molecule has 1 fully saturated rings. The summed E-state index contributed by atoms with van der Waals surface area (Å²) in [5.74, 6) is 1.60. The molecule has 1 heterocycles. The first-order valence-electron chi connectivity index (χ1n) is 7.70. The van der Waals surface area contributed by atoms with Crippen molar-refractivity contribution < 1.29 is 0 Å². The third-order valence-electron chi connectivity index (χ3n) is 3.96. The Hall–Kier alpha value is -0.750. The average molecular weight is 298 g/mol. The molecule has 2 atom stereocenters. The van der Waals surface area contributed by atoms with E-state index in [4.69, 9.17) is 0 Å². The lowest BCUT2D eigenvalue weighted by molar-refractivity contribution is 0.396. The van der Waals surface area contributed by atoms with Crippen LogP contribution in [0.15, 0.2) is 9.95 Å². The number of thioether (sulfide) groups is 1. The number of H-pyrrole nitrogens is 1. The molecule has 20 heavy (non-hydrogen) atoms. The highest BCUT2D eigenvalue weighted by Gasteiger charge is 2.29. The van der Waals surface area contributed by atoms with E-state index in [1.54, 1.807) is 11.8 Å². The predicted molar refractivity (Wildman–Crippen MR) is 83.4 cm³/mol. The van der Waals surface area contributed by atoms with Gasteiger partial charge in [-0.25, -0.2) is 9.89 Å². The number of aromatic amines is 1. The summed E-state index contributed by atoms with van der Waals surface area (Å²) in [6.45, 7) is 7.74. The second-order valence-electron chi connectivity index (χ2n) is 5.67. The highest BCUT2D eigenvalue weighted by atomic mass is 32.2. The molecule has 1 aromatic heterocycles. The van der Waals surface area contributed by atoms with Crippen molar-refractivity contribution >= 4 is 11.8 Å². The van der Waals surface area contributed by atoms with Crippen LogP contribution in [-0.4, -0.2) is 33.1 Å². The summed E-state index contributed by atoms with van der Waals surface area (Å²) in [5, 5.41) is 11.2. The third-order valence-corrected chi connectivity index (χ3v) is 5.04. The molecule has 1 aromatic rings. The second kappa shape index (κ2) is 7.31. The summed E-state index contributed by atoms with van der Waals surface area (Å²) < 4.78 is 1.83. The number of nitrogens with zero attached hydrogens (tertiary/aromatic N) is 2. The van der Waals surface area contributed by atoms with Crippen LogP contribution in [0.3, 0.4) is 0 Å². The van der Waals surface area contributed by atoms with Gasteiger partial charge in [0.15, 0.2) is 5.16 Å². The van der Waals surface area contributed by atoms with Crippen molar-refractivity contribution in [3.8, 4) is 0 Å². The number of hydrogen-bond acceptors (Lipinski definition) is 4. The van der Waals surface area contributed by atoms with E-state index in [-0.39, 0.29) is 5.69 Å². The van der Waals surface area contributed by atoms with E-state index in [2.05, 4.69) is 36.3 Å². The van der Waals surface area contributed by atoms with Crippen LogP contribution in [0.1, 0.15) is 52.5 Å². The molecule has 0 aliphatic heterocycles. The first-order chi connectivity index (χ1) is 9.67. The van der Waals surface area contributed by atoms with Gasteiger partial charge in [0, 0.05) is 17.8 Å². The van der Waals surface area contributed by atoms with E-state index in [1.165, 1.54) is 0 Å². The van der Waals surface area contributed by atoms with E-state index in [9.17, 15) is 4.79 Å². The quantitative estimate of drug-likeness (QED) is 0.687. The van der Waals surface area contributed by atoms with Crippen LogP contribution in [0.2, 0.25) is 0 Å². The van der Waals surface area contributed by atoms with Gasteiger partial charge in [-0.1, -0.05) is 39.0 Å². The van der Waals surface area contributed by atoms with E-state index in [1.807, 2.05) is 4.57 Å². The van der Waals surface area contributed by atoms with Crippen molar-refractivity contribution in [2.24, 2.45) is 5.92 Å². The Kier molecular flexibility index (Phi) is 5.72. The molecule has 114 valence electrons. The minimum absolute atomic E-state index is 0.0587. The zero-order chi connectivity index (χ0) is 14.5. The van der Waals surface area contributed by atoms with Crippen molar-refractivity contribution in [3.63, 3.8) is 0 Å². The van der Waals surface area contributed by atoms with Crippen molar-refractivity contribution in [2.75, 3.05) is 12.3 Å². The van der Waals surface area contributed by atoms with Crippen LogP contribution < -0.4 is 11.0 Å². The second-order valence-corrected chi connectivity index (χ2v) is 6.66. The number of aromatic nitrogens is 3. The maximum absolute atomic E-state index is 11.7. The molecular weight excluding hydrogens is 272 g/mol. The molecule has 1 aliphatic carbocycles. The molecule has 0 bridgehead atoms. The first-order valence-corrected chi connectivity index (χ1v) is 8.69. The predicted octanol–water partition coefficient (Wildman–Crippen LogP) is 2.41. The Morgan fingerprint density at radius 2 is 2.25 bits per heavy atom. The Morgan fingerprint density at radius 3 is 2.85 bits per heavy atom. The number of nitrogens with one attached hydrogen (secondary N) is 2. The maximum Gasteiger partial charge on any atom is 0.344 e. The van der Waals surface area contributed by atoms with Gasteiger partial charge in [0.25, 0.3) is 0 Å². The fourth-order valence-corrected chi connectivity index (χ4v) is 3.51. The average Bonchev–Trinajstić information content (AvgIpc) is 3.22. The lowest BCUT2D eigenvalue weighted by Crippen LogP contribution is -2.37. The largest absolute Gasteiger partial charge is 0.344 e. The highest BCUT2D eigenvalue weighted by molar-refractivity contribution is 7.99. The molecular formula is C14H26N4OS. The van der Waals surface area contributed by atoms with Crippen molar-refractivity contribution in [3.05, 3.63) is 10.5 Å². The van der Waals surface area contributed by atoms with Crippen molar-refractivity contribution in [2.45, 2.75) is 63.7 Å². The van der Waals surface area contributed by atoms with Gasteiger partial charge in [0.1, 0.15) is 0 Å². The van der Waals surface area contributed by atoms with Crippen LogP contribution in [-0.2, 0) is 0 Å². The fraction of sp³-hybridized carbons (Fsp3) is 0.857. The topological polar surface area (TPSA) is 62.7 Å². The Balaban J connectivity index is 1.96. The van der Waals surface area contributed by atoms with Gasteiger partial charge in [0.2, 0.25) is 0 Å². The van der Waals surface area contributed by atoms with E-state index >= 15 is 0 Å². The zero-order valence-electron chi connectivity index (χ0n) is 12.7. The van der Waals surface area contributed by atoms with Crippen LogP contribution in [0.25, 0.3) is 0 Å². The molecule has 2 N–H and O–H groups in total. The van der Waals surface area contributed by atoms with Crippen LogP contribution >= 0.6 is 11.8 Å². The maximum atomic E-state index is 11.7. The zero-order valence-corrected chi connectivity index (χ0v) is 13.5. The van der Waals surface area contributed by atoms with Crippen LogP contribution in [0.5, 0.6) is 0 Å². The highest BCUT2D eigenvalue weighted by Crippen LogP contribution is 2.36. The first kappa shape index (κ1) is 15.6. The van der Waals surface area contributed by atoms with Crippen molar-refractivity contribution in [1.82, 2.24) is 20.1 Å². The van der Waals surface area contributed by atoms with Crippen molar-refractivity contribution in [1.29, 1.82) is 0 Å². The minimum atomic E-state index is -0.0587. The summed E-state index contributed by atoms with van der Waals surface area (Å²) in [5.41, 5.74) is -0.0587. The van der Waals surface area contributed by atoms with Gasteiger partial charge in [-0.3, -0.25) is 4.57 Å². The Morgan fingerprint density at radius 1 is 1.50 bits per heavy atom. The molecule has 1 saturated carbocycles. The number of hydrogen-bond donors (Lipinski definition) is 2. The molecule has 0 radical (unpaired) electrons. The lowest BCUT2D eigenvalue weighted by Gasteiger charge is -2.23. The third kappa shape index (κ3) is 3.88. The fourth-order valence-electron chi connectivity index (χ4n) is 2.25. The minimum Gasteiger partial charge on any atom is -0.313 e. The summed E-state index contributed by atoms with van der Waals surface area (Å²) in [6, 6.07) is 0.860. The molecule has 5 nitrogen and oxygen atoms in total. The summed E-state index contributed by atoms with van der Waals surface area (Å²) >= 11 is 1.70. The molecule has 2 rings (SSSR count). The summed E-state index contributed by atoms with van der Waals surface area (Å²) in [7, 11) is 0. The van der Waals surface area contributed by atoms with Gasteiger partial charge in [-0.2, -0.15) is 0 Å². The molecule has 0 amide bonds. The molecule has 1 aliphatic rings. The van der Waals surface area contributed by atoms with Gasteiger partial charge >= 0.3 is 5.69 Å². The summed E-state index contributed by atoms with van der Waals surface area (Å²) in [6.07, 6.45) is 4.52. The monoisotopic (exact) mass is 298 g/mol. The molecule has 0 aromatic carbocycles. The molecule has 0 spiro atoms. The van der Waals surface area contributed by atoms with Gasteiger partial charge in [-0.15, -0.1) is 5.10 Å². The Labute approximate surface area is 124 Å². The van der Waals surface area contributed by atoms with Gasteiger partial charge < -0.3 is 5.32 Å². The van der Waals surface area contributed by atoms with E-state index in [0.29, 0.717) is 18.0 Å². The van der Waals surface area contributed by atoms with Crippen LogP contribution in [0, 0.1) is 5.92 Å². The van der Waals surface area contributed by atoms with Gasteiger partial charge in [-0.05, 0) is 31.7 Å². The molecule has 0 saturated heterocycles. The SMILES string of the molecule is CCCNC(CSc1n[nH]c(=O)n1C1CC1)C(C)CC. The standard InChI is InChI=1S/C14H26N4OS/c1-4-8-15-12(10(3)5-2)9-20-14-17-16-13(19)18(14)11-6-7-11/h10-12,15H,4-9H2,1-3H3,(H,16,19). The summed E-state index contributed by atoms with van der Waals surface area (Å²) in [4.78, 5) is 11.7. The van der Waals surface area contributed by atoms with E-state index < -0.39 is 0 Å².